The van der Waals surface area contributed by atoms with Crippen molar-refractivity contribution in [2.24, 2.45) is 5.92 Å². The van der Waals surface area contributed by atoms with Crippen molar-refractivity contribution in [1.29, 1.82) is 0 Å². The van der Waals surface area contributed by atoms with Crippen LogP contribution in [0.4, 0.5) is 0 Å². The molecule has 17 heavy (non-hydrogen) atoms. The van der Waals surface area contributed by atoms with E-state index in [2.05, 4.69) is 5.32 Å². The van der Waals surface area contributed by atoms with Crippen LogP contribution in [0.25, 0.3) is 0 Å². The molecule has 2 unspecified atom stereocenters. The highest BCUT2D eigenvalue weighted by Crippen LogP contribution is 1.95. The fraction of sp³-hybridized carbons (Fsp3) is 1.00. The molecule has 0 aliphatic carbocycles. The molecule has 0 aromatic heterocycles. The summed E-state index contributed by atoms with van der Waals surface area (Å²) in [6.45, 7) is 7.10. The first-order valence-corrected chi connectivity index (χ1v) is 7.93. The topological polar surface area (TPSA) is 75.6 Å². The zero-order chi connectivity index (χ0) is 13.5. The molecule has 0 aliphatic rings. The van der Waals surface area contributed by atoms with Crippen LogP contribution in [0.5, 0.6) is 0 Å². The summed E-state index contributed by atoms with van der Waals surface area (Å²) in [6.07, 6.45) is 0.601. The fourth-order valence-corrected chi connectivity index (χ4v) is 2.38. The van der Waals surface area contributed by atoms with E-state index in [1.54, 1.807) is 6.92 Å². The maximum atomic E-state index is 11.0. The molecule has 0 rings (SSSR count). The number of nitrogens with one attached hydrogen (secondary N) is 1. The molecule has 0 aromatic carbocycles. The number of ether oxygens (including phenoxy) is 1. The largest absolute Gasteiger partial charge is 0.389 e. The average Bonchev–Trinajstić information content (AvgIpc) is 2.11. The Hall–Kier alpha value is -0.170. The van der Waals surface area contributed by atoms with Crippen LogP contribution in [0.2, 0.25) is 0 Å². The van der Waals surface area contributed by atoms with Gasteiger partial charge in [0.25, 0.3) is 0 Å². The first-order chi connectivity index (χ1) is 7.70. The quantitative estimate of drug-likeness (QED) is 0.617. The number of rotatable bonds is 9. The molecule has 0 amide bonds. The summed E-state index contributed by atoms with van der Waals surface area (Å²) in [4.78, 5) is 0. The predicted molar refractivity (Wildman–Crippen MR) is 68.8 cm³/mol. The van der Waals surface area contributed by atoms with Crippen molar-refractivity contribution in [2.45, 2.75) is 32.9 Å². The highest BCUT2D eigenvalue weighted by molar-refractivity contribution is 7.90. The second-order valence-electron chi connectivity index (χ2n) is 4.99. The molecule has 2 atom stereocenters. The molecular weight excluding hydrogens is 242 g/mol. The van der Waals surface area contributed by atoms with Gasteiger partial charge in [-0.1, -0.05) is 13.8 Å². The Balaban J connectivity index is 3.66. The summed E-state index contributed by atoms with van der Waals surface area (Å²) >= 11 is 0. The Morgan fingerprint density at radius 2 is 1.82 bits per heavy atom. The third-order valence-electron chi connectivity index (χ3n) is 2.02. The van der Waals surface area contributed by atoms with Gasteiger partial charge in [0.05, 0.1) is 18.5 Å². The van der Waals surface area contributed by atoms with Gasteiger partial charge in [-0.2, -0.15) is 0 Å². The van der Waals surface area contributed by atoms with E-state index in [1.807, 2.05) is 13.8 Å². The van der Waals surface area contributed by atoms with E-state index in [9.17, 15) is 13.5 Å². The molecule has 0 bridgehead atoms. The molecule has 0 saturated carbocycles. The van der Waals surface area contributed by atoms with E-state index in [-0.39, 0.29) is 18.4 Å². The second-order valence-corrected chi connectivity index (χ2v) is 7.17. The maximum absolute atomic E-state index is 11.0. The molecule has 5 nitrogen and oxygen atoms in total. The zero-order valence-corrected chi connectivity index (χ0v) is 12.0. The normalized spacial score (nSPS) is 16.1. The van der Waals surface area contributed by atoms with Gasteiger partial charge in [-0.3, -0.25) is 0 Å². The summed E-state index contributed by atoms with van der Waals surface area (Å²) in [5.41, 5.74) is 0. The van der Waals surface area contributed by atoms with Crippen LogP contribution >= 0.6 is 0 Å². The van der Waals surface area contributed by atoms with Crippen molar-refractivity contribution in [3.8, 4) is 0 Å². The van der Waals surface area contributed by atoms with Crippen LogP contribution in [0.3, 0.4) is 0 Å². The Morgan fingerprint density at radius 1 is 1.24 bits per heavy atom. The number of hydrogen-bond acceptors (Lipinski definition) is 5. The monoisotopic (exact) mass is 267 g/mol. The third-order valence-corrected chi connectivity index (χ3v) is 3.12. The lowest BCUT2D eigenvalue weighted by molar-refractivity contribution is 0.0254. The minimum Gasteiger partial charge on any atom is -0.389 e. The van der Waals surface area contributed by atoms with Gasteiger partial charge in [0.15, 0.2) is 0 Å². The van der Waals surface area contributed by atoms with Crippen molar-refractivity contribution in [3.63, 3.8) is 0 Å². The van der Waals surface area contributed by atoms with Crippen molar-refractivity contribution in [1.82, 2.24) is 5.32 Å². The van der Waals surface area contributed by atoms with E-state index in [0.717, 1.165) is 0 Å². The Bertz CT molecular complexity index is 290. The van der Waals surface area contributed by atoms with E-state index in [1.165, 1.54) is 6.26 Å². The number of aliphatic hydroxyl groups excluding tert-OH is 1. The van der Waals surface area contributed by atoms with E-state index in [4.69, 9.17) is 4.74 Å². The summed E-state index contributed by atoms with van der Waals surface area (Å²) in [6, 6.07) is -0.162. The molecular formula is C11H25NO4S. The highest BCUT2D eigenvalue weighted by Gasteiger charge is 2.12. The minimum absolute atomic E-state index is 0.0760. The minimum atomic E-state index is -2.97. The Morgan fingerprint density at radius 3 is 2.29 bits per heavy atom. The lowest BCUT2D eigenvalue weighted by Crippen LogP contribution is -2.39. The number of sulfone groups is 1. The van der Waals surface area contributed by atoms with Crippen molar-refractivity contribution >= 4 is 9.84 Å². The van der Waals surface area contributed by atoms with Gasteiger partial charge in [-0.05, 0) is 12.8 Å². The smallest absolute Gasteiger partial charge is 0.148 e. The van der Waals surface area contributed by atoms with E-state index in [0.29, 0.717) is 19.1 Å². The molecule has 0 fully saturated rings. The zero-order valence-electron chi connectivity index (χ0n) is 11.1. The van der Waals surface area contributed by atoms with Crippen LogP contribution in [0.15, 0.2) is 0 Å². The van der Waals surface area contributed by atoms with E-state index >= 15 is 0 Å². The second kappa shape index (κ2) is 8.02. The molecule has 0 heterocycles. The summed E-state index contributed by atoms with van der Waals surface area (Å²) in [7, 11) is -2.97. The summed E-state index contributed by atoms with van der Waals surface area (Å²) in [5.74, 6) is 0.520. The van der Waals surface area contributed by atoms with Crippen LogP contribution in [-0.2, 0) is 14.6 Å². The van der Waals surface area contributed by atoms with Crippen LogP contribution in [0.1, 0.15) is 20.8 Å². The van der Waals surface area contributed by atoms with Gasteiger partial charge in [0.2, 0.25) is 0 Å². The van der Waals surface area contributed by atoms with Crippen molar-refractivity contribution in [2.75, 3.05) is 31.8 Å². The molecule has 104 valence electrons. The molecule has 0 aliphatic heterocycles. The van der Waals surface area contributed by atoms with Gasteiger partial charge < -0.3 is 15.2 Å². The maximum Gasteiger partial charge on any atom is 0.148 e. The first kappa shape index (κ1) is 16.8. The molecule has 0 radical (unpaired) electrons. The van der Waals surface area contributed by atoms with Gasteiger partial charge in [0, 0.05) is 25.4 Å². The molecule has 2 N–H and O–H groups in total. The molecule has 0 saturated heterocycles. The number of aliphatic hydroxyl groups is 1. The van der Waals surface area contributed by atoms with Crippen molar-refractivity contribution in [3.05, 3.63) is 0 Å². The van der Waals surface area contributed by atoms with Crippen molar-refractivity contribution < 1.29 is 18.3 Å². The summed E-state index contributed by atoms with van der Waals surface area (Å²) < 4.78 is 27.3. The van der Waals surface area contributed by atoms with Gasteiger partial charge in [0.1, 0.15) is 9.84 Å². The van der Waals surface area contributed by atoms with Crippen LogP contribution in [0, 0.1) is 5.92 Å². The van der Waals surface area contributed by atoms with Crippen LogP contribution in [-0.4, -0.2) is 57.4 Å². The highest BCUT2D eigenvalue weighted by atomic mass is 32.2. The van der Waals surface area contributed by atoms with Crippen LogP contribution < -0.4 is 5.32 Å². The van der Waals surface area contributed by atoms with Gasteiger partial charge in [-0.25, -0.2) is 8.42 Å². The van der Waals surface area contributed by atoms with Gasteiger partial charge in [-0.15, -0.1) is 0 Å². The molecule has 6 heteroatoms. The fourth-order valence-electron chi connectivity index (χ4n) is 1.35. The summed E-state index contributed by atoms with van der Waals surface area (Å²) in [5, 5.41) is 12.5. The molecule has 0 aromatic rings. The standard InChI is InChI=1S/C11H25NO4S/c1-9(2)6-16-7-11(13)5-12-10(3)8-17(4,14)15/h9-13H,5-8H2,1-4H3. The Labute approximate surface area is 104 Å². The van der Waals surface area contributed by atoms with Gasteiger partial charge >= 0.3 is 0 Å². The Kier molecular flexibility index (Phi) is 7.94. The van der Waals surface area contributed by atoms with E-state index < -0.39 is 15.9 Å². The first-order valence-electron chi connectivity index (χ1n) is 5.87. The SMILES string of the molecule is CC(C)COCC(O)CNC(C)CS(C)(=O)=O. The molecule has 0 spiro atoms. The number of hydrogen-bond donors (Lipinski definition) is 2. The lowest BCUT2D eigenvalue weighted by atomic mass is 10.2. The lowest BCUT2D eigenvalue weighted by Gasteiger charge is -2.17. The average molecular weight is 267 g/mol. The third kappa shape index (κ3) is 12.1. The predicted octanol–water partition coefficient (Wildman–Crippen LogP) is 0.0426.